The molecule has 8 nitrogen and oxygen atoms in total. The van der Waals surface area contributed by atoms with Gasteiger partial charge in [0, 0.05) is 22.1 Å². The molecule has 0 saturated carbocycles. The van der Waals surface area contributed by atoms with Crippen LogP contribution in [0.25, 0.3) is 0 Å². The lowest BCUT2D eigenvalue weighted by atomic mass is 9.61. The number of carbonyl (C=O) groups is 1. The fourth-order valence-electron chi connectivity index (χ4n) is 5.57. The molecule has 16 heteroatoms. The van der Waals surface area contributed by atoms with E-state index in [4.69, 9.17) is 4.74 Å². The molecule has 0 atom stereocenters. The van der Waals surface area contributed by atoms with Crippen molar-refractivity contribution in [2.45, 2.75) is 62.1 Å². The van der Waals surface area contributed by atoms with Crippen LogP contribution in [0.2, 0.25) is 0 Å². The molecule has 1 aliphatic heterocycles. The Morgan fingerprint density at radius 3 is 1.49 bits per heavy atom. The zero-order chi connectivity index (χ0) is 33.8. The van der Waals surface area contributed by atoms with Gasteiger partial charge in [0.25, 0.3) is 0 Å². The SMILES string of the molecule is CC(C)(C)c1ccc2c(c1)C1(OC2=O)c2ccc(OS(=O)(=O)C(F)(F)F)cc2C(C)(C)c2cc(OS(=O)(=O)C(F)(F)F)ccc21. The van der Waals surface area contributed by atoms with E-state index in [1.165, 1.54) is 32.0 Å². The number of hydrogen-bond acceptors (Lipinski definition) is 8. The highest BCUT2D eigenvalue weighted by molar-refractivity contribution is 7.88. The predicted octanol–water partition coefficient (Wildman–Crippen LogP) is 6.54. The lowest BCUT2D eigenvalue weighted by Crippen LogP contribution is -2.41. The molecule has 242 valence electrons. The van der Waals surface area contributed by atoms with Crippen LogP contribution in [0.15, 0.2) is 54.6 Å². The van der Waals surface area contributed by atoms with Crippen molar-refractivity contribution < 1.29 is 61.1 Å². The van der Waals surface area contributed by atoms with Gasteiger partial charge >= 0.3 is 37.2 Å². The van der Waals surface area contributed by atoms with Crippen LogP contribution < -0.4 is 8.37 Å². The summed E-state index contributed by atoms with van der Waals surface area (Å²) in [5.41, 5.74) is -13.5. The van der Waals surface area contributed by atoms with Gasteiger partial charge in [-0.25, -0.2) is 4.79 Å². The topological polar surface area (TPSA) is 113 Å². The monoisotopic (exact) mass is 678 g/mol. The average Bonchev–Trinajstić information content (AvgIpc) is 3.18. The Balaban J connectivity index is 1.83. The molecule has 0 saturated heterocycles. The largest absolute Gasteiger partial charge is 0.534 e. The maximum absolute atomic E-state index is 13.3. The minimum atomic E-state index is -6.10. The fourth-order valence-corrected chi connectivity index (χ4v) is 6.47. The Labute approximate surface area is 254 Å². The molecule has 5 rings (SSSR count). The minimum absolute atomic E-state index is 0.0718. The maximum Gasteiger partial charge on any atom is 0.534 e. The normalized spacial score (nSPS) is 17.3. The highest BCUT2D eigenvalue weighted by atomic mass is 32.2. The van der Waals surface area contributed by atoms with Gasteiger partial charge in [0.05, 0.1) is 5.56 Å². The highest BCUT2D eigenvalue weighted by Gasteiger charge is 2.57. The zero-order valence-electron chi connectivity index (χ0n) is 24.0. The van der Waals surface area contributed by atoms with Crippen LogP contribution in [-0.2, 0) is 41.4 Å². The quantitative estimate of drug-likeness (QED) is 0.132. The van der Waals surface area contributed by atoms with Gasteiger partial charge in [0.1, 0.15) is 11.5 Å². The number of alkyl halides is 6. The van der Waals surface area contributed by atoms with Crippen LogP contribution in [0, 0.1) is 0 Å². The fraction of sp³-hybridized carbons (Fsp3) is 0.345. The van der Waals surface area contributed by atoms with Crippen molar-refractivity contribution in [1.29, 1.82) is 0 Å². The van der Waals surface area contributed by atoms with Crippen molar-refractivity contribution in [3.8, 4) is 11.5 Å². The Kier molecular flexibility index (Phi) is 6.96. The molecule has 0 bridgehead atoms. The van der Waals surface area contributed by atoms with Crippen LogP contribution >= 0.6 is 0 Å². The second-order valence-corrected chi connectivity index (χ2v) is 15.2. The molecule has 0 unspecified atom stereocenters. The van der Waals surface area contributed by atoms with Crippen LogP contribution in [0.4, 0.5) is 26.3 Å². The minimum Gasteiger partial charge on any atom is -0.441 e. The van der Waals surface area contributed by atoms with E-state index in [0.29, 0.717) is 5.56 Å². The molecule has 3 aromatic rings. The average molecular weight is 679 g/mol. The molecule has 2 aliphatic rings. The number of fused-ring (bicyclic) bond motifs is 6. The van der Waals surface area contributed by atoms with Crippen LogP contribution in [0.1, 0.15) is 78.4 Å². The number of rotatable bonds is 4. The Bertz CT molecular complexity index is 1870. The van der Waals surface area contributed by atoms with E-state index in [-0.39, 0.29) is 27.8 Å². The highest BCUT2D eigenvalue weighted by Crippen LogP contribution is 2.58. The third-order valence-corrected chi connectivity index (χ3v) is 9.75. The Morgan fingerprint density at radius 2 is 1.09 bits per heavy atom. The molecule has 45 heavy (non-hydrogen) atoms. The number of halogens is 6. The van der Waals surface area contributed by atoms with Crippen molar-refractivity contribution in [3.63, 3.8) is 0 Å². The summed E-state index contributed by atoms with van der Waals surface area (Å²) in [4.78, 5) is 13.3. The number of carbonyl (C=O) groups excluding carboxylic acids is 1. The molecular formula is C29H24F6O8S2. The van der Waals surface area contributed by atoms with Crippen molar-refractivity contribution in [3.05, 3.63) is 93.5 Å². The van der Waals surface area contributed by atoms with Gasteiger partial charge in [0.15, 0.2) is 5.60 Å². The van der Waals surface area contributed by atoms with E-state index in [9.17, 15) is 48.0 Å². The third kappa shape index (κ3) is 5.01. The first-order chi connectivity index (χ1) is 20.3. The molecular weight excluding hydrogens is 654 g/mol. The van der Waals surface area contributed by atoms with Crippen molar-refractivity contribution in [2.75, 3.05) is 0 Å². The van der Waals surface area contributed by atoms with Gasteiger partial charge in [-0.1, -0.05) is 52.8 Å². The van der Waals surface area contributed by atoms with E-state index in [1.807, 2.05) is 20.8 Å². The van der Waals surface area contributed by atoms with Crippen LogP contribution in [-0.4, -0.2) is 33.8 Å². The summed E-state index contributed by atoms with van der Waals surface area (Å²) in [7, 11) is -12.2. The lowest BCUT2D eigenvalue weighted by Gasteiger charge is -2.44. The second-order valence-electron chi connectivity index (χ2n) is 12.1. The maximum atomic E-state index is 13.3. The molecule has 1 heterocycles. The predicted molar refractivity (Wildman–Crippen MR) is 147 cm³/mol. The van der Waals surface area contributed by atoms with Crippen molar-refractivity contribution in [1.82, 2.24) is 0 Å². The Morgan fingerprint density at radius 1 is 0.644 bits per heavy atom. The number of hydrogen-bond donors (Lipinski definition) is 0. The number of esters is 1. The van der Waals surface area contributed by atoms with Crippen molar-refractivity contribution >= 4 is 26.2 Å². The summed E-state index contributed by atoms with van der Waals surface area (Å²) in [6.45, 7) is 8.72. The van der Waals surface area contributed by atoms with Gasteiger partial charge in [-0.2, -0.15) is 43.2 Å². The standard InChI is InChI=1S/C29H24F6O8S2/c1-25(2,3)15-6-9-18-21(12-15)27(41-24(18)36)19-10-7-16(42-44(37,38)28(30,31)32)13-22(19)26(4,5)23-14-17(8-11-20(23)27)43-45(39,40)29(33,34)35/h6-14H,1-5H3. The van der Waals surface area contributed by atoms with E-state index < -0.39 is 65.2 Å². The smallest absolute Gasteiger partial charge is 0.441 e. The van der Waals surface area contributed by atoms with E-state index in [0.717, 1.165) is 29.8 Å². The first-order valence-corrected chi connectivity index (χ1v) is 15.8. The summed E-state index contributed by atoms with van der Waals surface area (Å²) in [6.07, 6.45) is 0. The van der Waals surface area contributed by atoms with Crippen LogP contribution in [0.3, 0.4) is 0 Å². The molecule has 1 spiro atoms. The molecule has 0 amide bonds. The first kappa shape index (κ1) is 32.6. The number of benzene rings is 3. The molecule has 1 aliphatic carbocycles. The van der Waals surface area contributed by atoms with Gasteiger partial charge in [-0.15, -0.1) is 0 Å². The molecule has 0 aromatic heterocycles. The number of ether oxygens (including phenoxy) is 1. The van der Waals surface area contributed by atoms with Gasteiger partial charge < -0.3 is 13.1 Å². The van der Waals surface area contributed by atoms with Gasteiger partial charge in [0.2, 0.25) is 0 Å². The zero-order valence-corrected chi connectivity index (χ0v) is 25.7. The molecule has 0 radical (unpaired) electrons. The van der Waals surface area contributed by atoms with Crippen LogP contribution in [0.5, 0.6) is 11.5 Å². The lowest BCUT2D eigenvalue weighted by molar-refractivity contribution is -0.0504. The van der Waals surface area contributed by atoms with Crippen molar-refractivity contribution in [2.24, 2.45) is 0 Å². The molecule has 0 N–H and O–H groups in total. The molecule has 3 aromatic carbocycles. The summed E-state index contributed by atoms with van der Waals surface area (Å²) in [5.74, 6) is -2.29. The second kappa shape index (κ2) is 9.61. The summed E-state index contributed by atoms with van der Waals surface area (Å²) in [6, 6.07) is 11.3. The first-order valence-electron chi connectivity index (χ1n) is 13.0. The third-order valence-electron chi connectivity index (χ3n) is 7.80. The summed E-state index contributed by atoms with van der Waals surface area (Å²) < 4.78 is 141. The van der Waals surface area contributed by atoms with E-state index in [1.54, 1.807) is 12.1 Å². The summed E-state index contributed by atoms with van der Waals surface area (Å²) >= 11 is 0. The Hall–Kier alpha value is -3.79. The summed E-state index contributed by atoms with van der Waals surface area (Å²) in [5, 5.41) is 0. The van der Waals surface area contributed by atoms with Gasteiger partial charge in [-0.3, -0.25) is 0 Å². The molecule has 0 fully saturated rings. The van der Waals surface area contributed by atoms with E-state index in [2.05, 4.69) is 8.37 Å². The van der Waals surface area contributed by atoms with Gasteiger partial charge in [-0.05, 0) is 58.5 Å². The van der Waals surface area contributed by atoms with E-state index >= 15 is 0 Å².